The molecule has 0 spiro atoms. The molecule has 0 unspecified atom stereocenters. The zero-order chi connectivity index (χ0) is 20.4. The van der Waals surface area contributed by atoms with Gasteiger partial charge in [-0.1, -0.05) is 24.3 Å². The highest BCUT2D eigenvalue weighted by Crippen LogP contribution is 2.38. The quantitative estimate of drug-likeness (QED) is 0.385. The third-order valence-electron chi connectivity index (χ3n) is 4.78. The number of allylic oxidation sites excluding steroid dienone is 1. The number of benzene rings is 2. The van der Waals surface area contributed by atoms with E-state index in [0.29, 0.717) is 22.9 Å². The van der Waals surface area contributed by atoms with Crippen LogP contribution in [0.25, 0.3) is 27.9 Å². The van der Waals surface area contributed by atoms with Crippen LogP contribution < -0.4 is 14.2 Å². The van der Waals surface area contributed by atoms with Crippen LogP contribution in [0.15, 0.2) is 54.7 Å². The number of ether oxygens (including phenoxy) is 3. The number of hydrogen-bond donors (Lipinski definition) is 1. The van der Waals surface area contributed by atoms with Gasteiger partial charge in [-0.15, -0.1) is 0 Å². The van der Waals surface area contributed by atoms with E-state index in [9.17, 15) is 4.79 Å². The second kappa shape index (κ2) is 7.67. The van der Waals surface area contributed by atoms with Crippen molar-refractivity contribution in [2.45, 2.75) is 0 Å². The van der Waals surface area contributed by atoms with Crippen molar-refractivity contribution in [1.82, 2.24) is 9.97 Å². The van der Waals surface area contributed by atoms with Crippen molar-refractivity contribution in [2.24, 2.45) is 0 Å². The molecule has 0 amide bonds. The molecule has 0 radical (unpaired) electrons. The first-order valence-electron chi connectivity index (χ1n) is 9.04. The summed E-state index contributed by atoms with van der Waals surface area (Å²) in [5.74, 6) is 1.35. The van der Waals surface area contributed by atoms with Gasteiger partial charge in [-0.2, -0.15) is 0 Å². The zero-order valence-electron chi connectivity index (χ0n) is 16.4. The Balaban J connectivity index is 1.72. The Morgan fingerprint density at radius 2 is 1.69 bits per heavy atom. The lowest BCUT2D eigenvalue weighted by atomic mass is 10.1. The van der Waals surface area contributed by atoms with E-state index in [2.05, 4.69) is 9.97 Å². The smallest absolute Gasteiger partial charge is 0.206 e. The molecule has 0 saturated heterocycles. The van der Waals surface area contributed by atoms with E-state index in [1.165, 1.54) is 6.08 Å². The molecule has 0 bridgehead atoms. The monoisotopic (exact) mass is 388 g/mol. The van der Waals surface area contributed by atoms with Crippen molar-refractivity contribution in [3.05, 3.63) is 66.0 Å². The first-order chi connectivity index (χ1) is 14.2. The minimum atomic E-state index is -0.198. The third kappa shape index (κ3) is 3.29. The van der Waals surface area contributed by atoms with Crippen LogP contribution in [0.1, 0.15) is 16.1 Å². The Hall–Kier alpha value is -3.80. The molecule has 2 aromatic heterocycles. The molecule has 146 valence electrons. The number of pyridine rings is 1. The summed E-state index contributed by atoms with van der Waals surface area (Å²) >= 11 is 0. The minimum absolute atomic E-state index is 0.198. The molecule has 0 saturated carbocycles. The molecule has 0 fully saturated rings. The van der Waals surface area contributed by atoms with Gasteiger partial charge in [0.2, 0.25) is 11.5 Å². The van der Waals surface area contributed by atoms with E-state index in [-0.39, 0.29) is 5.78 Å². The van der Waals surface area contributed by atoms with E-state index in [4.69, 9.17) is 14.2 Å². The number of nitrogens with zero attached hydrogens (tertiary/aromatic N) is 1. The molecule has 0 atom stereocenters. The fourth-order valence-electron chi connectivity index (χ4n) is 3.41. The van der Waals surface area contributed by atoms with Gasteiger partial charge in [-0.3, -0.25) is 9.78 Å². The van der Waals surface area contributed by atoms with Gasteiger partial charge in [-0.25, -0.2) is 0 Å². The fourth-order valence-corrected chi connectivity index (χ4v) is 3.41. The number of para-hydroxylation sites is 1. The molecule has 0 aliphatic rings. The number of nitrogens with one attached hydrogen (secondary N) is 1. The lowest BCUT2D eigenvalue weighted by Gasteiger charge is -2.12. The number of fused-ring (bicyclic) bond motifs is 3. The minimum Gasteiger partial charge on any atom is -0.493 e. The maximum Gasteiger partial charge on any atom is 0.206 e. The largest absolute Gasteiger partial charge is 0.493 e. The Labute approximate surface area is 167 Å². The lowest BCUT2D eigenvalue weighted by molar-refractivity contribution is 0.104. The number of carbonyl (C=O) groups excluding carboxylic acids is 1. The van der Waals surface area contributed by atoms with Gasteiger partial charge in [0.25, 0.3) is 0 Å². The maximum atomic E-state index is 12.9. The van der Waals surface area contributed by atoms with Crippen LogP contribution in [-0.2, 0) is 0 Å². The molecule has 0 aliphatic carbocycles. The summed E-state index contributed by atoms with van der Waals surface area (Å²) in [6.07, 6.45) is 4.85. The summed E-state index contributed by atoms with van der Waals surface area (Å²) in [6, 6.07) is 13.4. The highest BCUT2D eigenvalue weighted by molar-refractivity contribution is 6.17. The standard InChI is InChI=1S/C23H20N2O4/c1-27-19-12-14(13-20(28-2)23(19)29-3)8-9-18(26)22-21-16(10-11-24-22)15-6-4-5-7-17(15)25-21/h4-13,25H,1-3H3/b9-8+. The molecule has 1 N–H and O–H groups in total. The van der Waals surface area contributed by atoms with Crippen LogP contribution in [0.4, 0.5) is 0 Å². The van der Waals surface area contributed by atoms with Crippen molar-refractivity contribution in [3.63, 3.8) is 0 Å². The van der Waals surface area contributed by atoms with Gasteiger partial charge in [-0.05, 0) is 35.9 Å². The van der Waals surface area contributed by atoms with Crippen LogP contribution in [0.5, 0.6) is 17.2 Å². The van der Waals surface area contributed by atoms with Gasteiger partial charge in [0.15, 0.2) is 11.5 Å². The van der Waals surface area contributed by atoms with E-state index in [0.717, 1.165) is 27.4 Å². The number of aromatic nitrogens is 2. The van der Waals surface area contributed by atoms with Gasteiger partial charge in [0.05, 0.1) is 26.8 Å². The Morgan fingerprint density at radius 3 is 2.38 bits per heavy atom. The highest BCUT2D eigenvalue weighted by atomic mass is 16.5. The molecule has 2 aromatic carbocycles. The van der Waals surface area contributed by atoms with Crippen molar-refractivity contribution in [3.8, 4) is 17.2 Å². The molecule has 2 heterocycles. The highest BCUT2D eigenvalue weighted by Gasteiger charge is 2.15. The Morgan fingerprint density at radius 1 is 0.966 bits per heavy atom. The first kappa shape index (κ1) is 18.6. The Bertz CT molecular complexity index is 1220. The molecule has 4 aromatic rings. The number of hydrogen-bond acceptors (Lipinski definition) is 5. The van der Waals surface area contributed by atoms with Crippen molar-refractivity contribution < 1.29 is 19.0 Å². The van der Waals surface area contributed by atoms with E-state index < -0.39 is 0 Å². The van der Waals surface area contributed by atoms with E-state index in [1.54, 1.807) is 45.7 Å². The van der Waals surface area contributed by atoms with E-state index >= 15 is 0 Å². The first-order valence-corrected chi connectivity index (χ1v) is 9.04. The summed E-state index contributed by atoms with van der Waals surface area (Å²) in [4.78, 5) is 20.5. The summed E-state index contributed by atoms with van der Waals surface area (Å²) in [6.45, 7) is 0. The van der Waals surface area contributed by atoms with E-state index in [1.807, 2.05) is 30.3 Å². The predicted molar refractivity (Wildman–Crippen MR) is 113 cm³/mol. The summed E-state index contributed by atoms with van der Waals surface area (Å²) in [7, 11) is 4.65. The molecule has 29 heavy (non-hydrogen) atoms. The Kier molecular flexibility index (Phi) is 4.91. The average Bonchev–Trinajstić information content (AvgIpc) is 3.15. The molecular weight excluding hydrogens is 368 g/mol. The van der Waals surface area contributed by atoms with Crippen LogP contribution >= 0.6 is 0 Å². The molecule has 6 nitrogen and oxygen atoms in total. The molecular formula is C23H20N2O4. The lowest BCUT2D eigenvalue weighted by Crippen LogP contribution is -1.99. The van der Waals surface area contributed by atoms with Crippen LogP contribution in [0.2, 0.25) is 0 Å². The van der Waals surface area contributed by atoms with Gasteiger partial charge >= 0.3 is 0 Å². The molecule has 6 heteroatoms. The number of aromatic amines is 1. The molecule has 0 aliphatic heterocycles. The molecule has 4 rings (SSSR count). The van der Waals surface area contributed by atoms with Crippen molar-refractivity contribution >= 4 is 33.7 Å². The number of carbonyl (C=O) groups is 1. The predicted octanol–water partition coefficient (Wildman–Crippen LogP) is 4.64. The van der Waals surface area contributed by atoms with Gasteiger partial charge < -0.3 is 19.2 Å². The second-order valence-corrected chi connectivity index (χ2v) is 6.41. The number of rotatable bonds is 6. The fraction of sp³-hybridized carbons (Fsp3) is 0.130. The number of H-pyrrole nitrogens is 1. The maximum absolute atomic E-state index is 12.9. The average molecular weight is 388 g/mol. The number of ketones is 1. The van der Waals surface area contributed by atoms with Crippen molar-refractivity contribution in [2.75, 3.05) is 21.3 Å². The van der Waals surface area contributed by atoms with Crippen LogP contribution in [0.3, 0.4) is 0 Å². The van der Waals surface area contributed by atoms with Crippen molar-refractivity contribution in [1.29, 1.82) is 0 Å². The summed E-state index contributed by atoms with van der Waals surface area (Å²) in [5, 5.41) is 2.03. The third-order valence-corrected chi connectivity index (χ3v) is 4.78. The normalized spacial score (nSPS) is 11.3. The van der Waals surface area contributed by atoms with Crippen LogP contribution in [-0.4, -0.2) is 37.1 Å². The SMILES string of the molecule is COc1cc(/C=C/C(=O)c2nccc3c2[nH]c2ccccc23)cc(OC)c1OC. The summed E-state index contributed by atoms with van der Waals surface area (Å²) < 4.78 is 16.1. The van der Waals surface area contributed by atoms with Crippen LogP contribution in [0, 0.1) is 0 Å². The summed E-state index contributed by atoms with van der Waals surface area (Å²) in [5.41, 5.74) is 2.82. The second-order valence-electron chi connectivity index (χ2n) is 6.41. The topological polar surface area (TPSA) is 73.4 Å². The zero-order valence-corrected chi connectivity index (χ0v) is 16.4. The van der Waals surface area contributed by atoms with Gasteiger partial charge in [0.1, 0.15) is 5.69 Å². The van der Waals surface area contributed by atoms with Gasteiger partial charge in [0, 0.05) is 22.5 Å². The number of methoxy groups -OCH3 is 3.